The van der Waals surface area contributed by atoms with E-state index in [0.717, 1.165) is 70.6 Å². The highest BCUT2D eigenvalue weighted by Crippen LogP contribution is 2.38. The Morgan fingerprint density at radius 2 is 0.753 bits per heavy atom. The van der Waals surface area contributed by atoms with E-state index in [1.54, 1.807) is 0 Å². The fourth-order valence-corrected chi connectivity index (χ4v) is 11.1. The Bertz CT molecular complexity index is 1520. The van der Waals surface area contributed by atoms with Crippen molar-refractivity contribution >= 4 is 19.7 Å². The Balaban J connectivity index is 4.97. The molecule has 0 heterocycles. The molecule has 1 N–H and O–H groups in total. The van der Waals surface area contributed by atoms with Gasteiger partial charge in [-0.1, -0.05) is 307 Å². The molecule has 0 aliphatic rings. The van der Waals surface area contributed by atoms with Gasteiger partial charge in [-0.3, -0.25) is 14.2 Å². The van der Waals surface area contributed by atoms with Gasteiger partial charge in [0, 0.05) is 12.8 Å². The van der Waals surface area contributed by atoms with E-state index in [2.05, 4.69) is 62.5 Å². The fraction of sp³-hybridized carbons (Fsp3) is 0.859. The zero-order valence-corrected chi connectivity index (χ0v) is 55.4. The van der Waals surface area contributed by atoms with E-state index < -0.39 is 20.0 Å². The molecule has 3 unspecified atom stereocenters. The first-order valence-corrected chi connectivity index (χ1v) is 36.4. The molecule has 0 saturated heterocycles. The van der Waals surface area contributed by atoms with Gasteiger partial charge in [0.1, 0.15) is 19.3 Å². The topological polar surface area (TPSA) is 114 Å². The molecular formula is C71H135N2O7P. The first-order valence-electron chi connectivity index (χ1n) is 34.9. The van der Waals surface area contributed by atoms with Crippen LogP contribution >= 0.6 is 7.82 Å². The first kappa shape index (κ1) is 79.0. The van der Waals surface area contributed by atoms with Crippen molar-refractivity contribution in [2.24, 2.45) is 0 Å². The number of hydrogen-bond acceptors (Lipinski definition) is 7. The maximum Gasteiger partial charge on any atom is 0.306 e. The number of quaternary nitrogens is 1. The fourth-order valence-electron chi connectivity index (χ4n) is 10.4. The second kappa shape index (κ2) is 61.1. The molecule has 0 saturated carbocycles. The number of phosphoric ester groups is 1. The van der Waals surface area contributed by atoms with E-state index >= 15 is 0 Å². The van der Waals surface area contributed by atoms with Crippen molar-refractivity contribution in [1.29, 1.82) is 0 Å². The number of carbonyl (C=O) groups excluding carboxylic acids is 2. The molecular weight excluding hydrogens is 1020 g/mol. The summed E-state index contributed by atoms with van der Waals surface area (Å²) in [5.74, 6) is -0.526. The van der Waals surface area contributed by atoms with Gasteiger partial charge in [0.05, 0.1) is 33.8 Å². The van der Waals surface area contributed by atoms with Crippen LogP contribution in [0.4, 0.5) is 0 Å². The maximum atomic E-state index is 13.6. The molecule has 9 nitrogen and oxygen atoms in total. The number of nitrogens with zero attached hydrogens (tertiary/aromatic N) is 1. The molecule has 0 bridgehead atoms. The number of unbranched alkanes of at least 4 members (excludes halogenated alkanes) is 42. The van der Waals surface area contributed by atoms with Crippen LogP contribution in [0.15, 0.2) is 48.6 Å². The highest BCUT2D eigenvalue weighted by molar-refractivity contribution is 7.45. The molecule has 0 spiro atoms. The standard InChI is InChI=1S/C71H135N2O7P/c1-7-10-13-16-19-22-25-27-29-31-32-33-34-35-36-37-38-39-40-42-44-46-49-52-55-58-61-64-71(75)80-69(62-59-56-53-50-47-24-21-18-15-12-9-3)68(67-79-81(76,77)78-66-65-73(4,5)6)72-70(74)63-60-57-54-51-48-45-43-41-30-28-26-23-20-17-14-11-8-2/h19,22,27,29,32-33,59,62,68-69H,7-18,20-21,23-26,28,30-31,34-58,60-61,63-67H2,1-6H3,(H-,72,74,76,77)/b22-19-,29-27-,33-32-,62-59+. The Labute approximate surface area is 503 Å². The SMILES string of the molecule is CCCCC/C=C\C/C=C\C/C=C\CCCCCCCCCCCCCCCCC(=O)OC(/C=C/CCCCCCCCCCC)C(COP(=O)([O-])OCC[N+](C)(C)C)NC(=O)CCCCCCCCCCCCCCCCCCC. The minimum atomic E-state index is -4.70. The van der Waals surface area contributed by atoms with Crippen molar-refractivity contribution in [3.05, 3.63) is 48.6 Å². The minimum absolute atomic E-state index is 0.0201. The Morgan fingerprint density at radius 3 is 1.15 bits per heavy atom. The molecule has 0 fully saturated rings. The molecule has 0 aromatic carbocycles. The quantitative estimate of drug-likeness (QED) is 0.0212. The van der Waals surface area contributed by atoms with Crippen molar-refractivity contribution in [2.45, 2.75) is 354 Å². The largest absolute Gasteiger partial charge is 0.756 e. The lowest BCUT2D eigenvalue weighted by atomic mass is 10.0. The lowest BCUT2D eigenvalue weighted by molar-refractivity contribution is -0.870. The number of ether oxygens (including phenoxy) is 1. The van der Waals surface area contributed by atoms with Gasteiger partial charge in [-0.15, -0.1) is 0 Å². The van der Waals surface area contributed by atoms with Crippen LogP contribution in [0, 0.1) is 0 Å². The highest BCUT2D eigenvalue weighted by Gasteiger charge is 2.27. The number of hydrogen-bond donors (Lipinski definition) is 1. The van der Waals surface area contributed by atoms with Crippen molar-refractivity contribution < 1.29 is 37.3 Å². The molecule has 0 aliphatic heterocycles. The summed E-state index contributed by atoms with van der Waals surface area (Å²) in [4.78, 5) is 40.1. The van der Waals surface area contributed by atoms with Crippen molar-refractivity contribution in [3.63, 3.8) is 0 Å². The second-order valence-corrected chi connectivity index (χ2v) is 26.5. The monoisotopic (exact) mass is 1160 g/mol. The molecule has 0 aromatic heterocycles. The van der Waals surface area contributed by atoms with Crippen LogP contribution in [0.2, 0.25) is 0 Å². The summed E-state index contributed by atoms with van der Waals surface area (Å²) < 4.78 is 30.4. The number of carbonyl (C=O) groups is 2. The molecule has 81 heavy (non-hydrogen) atoms. The Morgan fingerprint density at radius 1 is 0.432 bits per heavy atom. The smallest absolute Gasteiger partial charge is 0.306 e. The average molecular weight is 1160 g/mol. The summed E-state index contributed by atoms with van der Waals surface area (Å²) in [5.41, 5.74) is 0. The van der Waals surface area contributed by atoms with Crippen molar-refractivity contribution in [2.75, 3.05) is 40.9 Å². The van der Waals surface area contributed by atoms with Gasteiger partial charge < -0.3 is 28.5 Å². The van der Waals surface area contributed by atoms with Gasteiger partial charge >= 0.3 is 5.97 Å². The van der Waals surface area contributed by atoms with E-state index in [0.29, 0.717) is 17.4 Å². The number of likely N-dealkylation sites (N-methyl/N-ethyl adjacent to an activating group) is 1. The van der Waals surface area contributed by atoms with Crippen LogP contribution in [0.3, 0.4) is 0 Å². The Hall–Kier alpha value is -2.03. The third kappa shape index (κ3) is 62.3. The summed E-state index contributed by atoms with van der Waals surface area (Å²) in [6.45, 7) is 6.86. The lowest BCUT2D eigenvalue weighted by Gasteiger charge is -2.30. The predicted octanol–water partition coefficient (Wildman–Crippen LogP) is 21.4. The van der Waals surface area contributed by atoms with Gasteiger partial charge in [-0.2, -0.15) is 0 Å². The van der Waals surface area contributed by atoms with Gasteiger partial charge in [0.2, 0.25) is 5.91 Å². The van der Waals surface area contributed by atoms with Crippen molar-refractivity contribution in [1.82, 2.24) is 5.32 Å². The molecule has 476 valence electrons. The van der Waals surface area contributed by atoms with E-state index in [1.807, 2.05) is 33.3 Å². The number of rotatable bonds is 64. The molecule has 0 radical (unpaired) electrons. The third-order valence-electron chi connectivity index (χ3n) is 15.8. The summed E-state index contributed by atoms with van der Waals surface area (Å²) in [6, 6.07) is -0.885. The average Bonchev–Trinajstić information content (AvgIpc) is 3.44. The second-order valence-electron chi connectivity index (χ2n) is 25.0. The molecule has 1 amide bonds. The summed E-state index contributed by atoms with van der Waals surface area (Å²) in [5, 5.41) is 3.04. The van der Waals surface area contributed by atoms with E-state index in [1.165, 1.54) is 238 Å². The van der Waals surface area contributed by atoms with Crippen LogP contribution in [0.5, 0.6) is 0 Å². The van der Waals surface area contributed by atoms with Crippen LogP contribution in [-0.4, -0.2) is 69.4 Å². The Kier molecular flexibility index (Phi) is 59.5. The molecule has 0 aliphatic carbocycles. The summed E-state index contributed by atoms with van der Waals surface area (Å²) in [7, 11) is 1.20. The van der Waals surface area contributed by atoms with E-state index in [9.17, 15) is 19.0 Å². The number of amides is 1. The maximum absolute atomic E-state index is 13.6. The van der Waals surface area contributed by atoms with Gasteiger partial charge in [0.15, 0.2) is 0 Å². The number of nitrogens with one attached hydrogen (secondary N) is 1. The summed E-state index contributed by atoms with van der Waals surface area (Å²) >= 11 is 0. The van der Waals surface area contributed by atoms with E-state index in [-0.39, 0.29) is 31.5 Å². The predicted molar refractivity (Wildman–Crippen MR) is 349 cm³/mol. The van der Waals surface area contributed by atoms with Gasteiger partial charge in [0.25, 0.3) is 7.82 Å². The summed E-state index contributed by atoms with van der Waals surface area (Å²) in [6.07, 6.45) is 76.6. The lowest BCUT2D eigenvalue weighted by Crippen LogP contribution is -2.47. The van der Waals surface area contributed by atoms with Crippen LogP contribution in [0.1, 0.15) is 342 Å². The molecule has 0 aromatic rings. The number of esters is 1. The first-order chi connectivity index (χ1) is 39.4. The molecule has 3 atom stereocenters. The van der Waals surface area contributed by atoms with Crippen LogP contribution in [-0.2, 0) is 27.9 Å². The van der Waals surface area contributed by atoms with Crippen molar-refractivity contribution in [3.8, 4) is 0 Å². The number of phosphoric acid groups is 1. The minimum Gasteiger partial charge on any atom is -0.756 e. The number of allylic oxidation sites excluding steroid dienone is 7. The van der Waals surface area contributed by atoms with Crippen LogP contribution in [0.25, 0.3) is 0 Å². The van der Waals surface area contributed by atoms with Gasteiger partial charge in [-0.05, 0) is 70.3 Å². The highest BCUT2D eigenvalue weighted by atomic mass is 31.2. The molecule has 0 rings (SSSR count). The zero-order chi connectivity index (χ0) is 59.3. The van der Waals surface area contributed by atoms with Crippen LogP contribution < -0.4 is 10.2 Å². The normalized spacial score (nSPS) is 13.8. The zero-order valence-electron chi connectivity index (χ0n) is 54.5. The van der Waals surface area contributed by atoms with E-state index in [4.69, 9.17) is 13.8 Å². The molecule has 10 heteroatoms. The third-order valence-corrected chi connectivity index (χ3v) is 16.7. The van der Waals surface area contributed by atoms with Gasteiger partial charge in [-0.25, -0.2) is 0 Å².